The minimum atomic E-state index is -4.68. The SMILES string of the molecule is Cc1cc(-c2nc(C(F)(F)F)ccc2CNC(=O)C(C)c2ccc(CNS(C)=O)c(F)c2)ccc1F. The third-order valence-electron chi connectivity index (χ3n) is 5.59. The van der Waals surface area contributed by atoms with E-state index in [4.69, 9.17) is 0 Å². The van der Waals surface area contributed by atoms with E-state index < -0.39 is 46.3 Å². The Balaban J connectivity index is 1.81. The van der Waals surface area contributed by atoms with Crippen LogP contribution in [0.15, 0.2) is 48.5 Å². The van der Waals surface area contributed by atoms with E-state index in [1.165, 1.54) is 43.5 Å². The topological polar surface area (TPSA) is 71.1 Å². The number of aromatic nitrogens is 1. The number of rotatable bonds is 8. The van der Waals surface area contributed by atoms with Crippen LogP contribution in [0.5, 0.6) is 0 Å². The number of carbonyl (C=O) groups is 1. The molecule has 1 aromatic heterocycles. The zero-order chi connectivity index (χ0) is 26.6. The van der Waals surface area contributed by atoms with E-state index in [1.54, 1.807) is 13.0 Å². The maximum absolute atomic E-state index is 14.4. The number of carbonyl (C=O) groups excluding carboxylic acids is 1. The lowest BCUT2D eigenvalue weighted by molar-refractivity contribution is -0.141. The largest absolute Gasteiger partial charge is 0.433 e. The van der Waals surface area contributed by atoms with Gasteiger partial charge in [-0.15, -0.1) is 0 Å². The molecular formula is C25H24F5N3O2S. The Kier molecular flexibility index (Phi) is 8.57. The molecule has 1 amide bonds. The molecule has 0 aliphatic carbocycles. The van der Waals surface area contributed by atoms with Gasteiger partial charge in [-0.1, -0.05) is 18.2 Å². The number of hydrogen-bond acceptors (Lipinski definition) is 3. The van der Waals surface area contributed by atoms with Crippen molar-refractivity contribution in [2.75, 3.05) is 6.26 Å². The summed E-state index contributed by atoms with van der Waals surface area (Å²) in [5, 5.41) is 2.66. The van der Waals surface area contributed by atoms with Crippen LogP contribution >= 0.6 is 0 Å². The first-order valence-electron chi connectivity index (χ1n) is 10.8. The van der Waals surface area contributed by atoms with Crippen LogP contribution in [0.25, 0.3) is 11.3 Å². The van der Waals surface area contributed by atoms with E-state index in [-0.39, 0.29) is 35.5 Å². The molecule has 2 atom stereocenters. The van der Waals surface area contributed by atoms with Crippen LogP contribution in [0, 0.1) is 18.6 Å². The summed E-state index contributed by atoms with van der Waals surface area (Å²) in [7, 11) is -1.31. The van der Waals surface area contributed by atoms with Crippen molar-refractivity contribution in [3.05, 3.63) is 88.1 Å². The second kappa shape index (κ2) is 11.3. The Labute approximate surface area is 207 Å². The molecule has 11 heteroatoms. The Hall–Kier alpha value is -3.18. The summed E-state index contributed by atoms with van der Waals surface area (Å²) in [4.78, 5) is 16.5. The molecule has 2 aromatic carbocycles. The molecule has 1 heterocycles. The van der Waals surface area contributed by atoms with Gasteiger partial charge in [-0.05, 0) is 60.9 Å². The van der Waals surface area contributed by atoms with Gasteiger partial charge in [-0.2, -0.15) is 13.2 Å². The normalized spacial score (nSPS) is 13.3. The van der Waals surface area contributed by atoms with E-state index in [2.05, 4.69) is 15.0 Å². The minimum absolute atomic E-state index is 0.0305. The number of alkyl halides is 3. The Bertz CT molecular complexity index is 1300. The molecule has 36 heavy (non-hydrogen) atoms. The number of amides is 1. The second-order valence-corrected chi connectivity index (χ2v) is 9.43. The Morgan fingerprint density at radius 2 is 1.69 bits per heavy atom. The molecule has 0 bridgehead atoms. The number of hydrogen-bond donors (Lipinski definition) is 2. The van der Waals surface area contributed by atoms with Crippen molar-refractivity contribution in [2.45, 2.75) is 39.0 Å². The first-order chi connectivity index (χ1) is 16.9. The van der Waals surface area contributed by atoms with Crippen molar-refractivity contribution in [1.29, 1.82) is 0 Å². The molecule has 3 aromatic rings. The fourth-order valence-electron chi connectivity index (χ4n) is 3.47. The van der Waals surface area contributed by atoms with Crippen LogP contribution in [0.4, 0.5) is 22.0 Å². The number of halogens is 5. The highest BCUT2D eigenvalue weighted by Crippen LogP contribution is 2.32. The summed E-state index contributed by atoms with van der Waals surface area (Å²) < 4.78 is 81.7. The molecule has 0 fully saturated rings. The van der Waals surface area contributed by atoms with Gasteiger partial charge in [0.1, 0.15) is 17.3 Å². The van der Waals surface area contributed by atoms with E-state index in [0.717, 1.165) is 12.1 Å². The average Bonchev–Trinajstić information content (AvgIpc) is 2.82. The van der Waals surface area contributed by atoms with Gasteiger partial charge in [0.2, 0.25) is 5.91 Å². The van der Waals surface area contributed by atoms with Crippen LogP contribution in [-0.4, -0.2) is 21.4 Å². The highest BCUT2D eigenvalue weighted by atomic mass is 32.2. The van der Waals surface area contributed by atoms with Crippen molar-refractivity contribution >= 4 is 16.9 Å². The van der Waals surface area contributed by atoms with Crippen molar-refractivity contribution in [2.24, 2.45) is 0 Å². The zero-order valence-corrected chi connectivity index (χ0v) is 20.5. The molecule has 192 valence electrons. The van der Waals surface area contributed by atoms with Crippen molar-refractivity contribution in [3.63, 3.8) is 0 Å². The second-order valence-electron chi connectivity index (χ2n) is 8.23. The molecule has 0 aliphatic heterocycles. The van der Waals surface area contributed by atoms with Crippen LogP contribution in [0.3, 0.4) is 0 Å². The first kappa shape index (κ1) is 27.4. The number of nitrogens with zero attached hydrogens (tertiary/aromatic N) is 1. The van der Waals surface area contributed by atoms with Gasteiger partial charge in [0.15, 0.2) is 0 Å². The number of benzene rings is 2. The fraction of sp³-hybridized carbons (Fsp3) is 0.280. The maximum atomic E-state index is 14.4. The van der Waals surface area contributed by atoms with Gasteiger partial charge < -0.3 is 5.32 Å². The zero-order valence-electron chi connectivity index (χ0n) is 19.7. The van der Waals surface area contributed by atoms with Crippen LogP contribution in [0.1, 0.15) is 40.8 Å². The standard InChI is InChI=1S/C25H24F5N3O2S/c1-14-10-17(6-8-20(14)26)23-19(7-9-22(33-23)25(28,29)30)12-31-24(34)15(2)16-4-5-18(21(27)11-16)13-32-36(3)35/h4-11,15,32H,12-13H2,1-3H3,(H,31,34). The van der Waals surface area contributed by atoms with Crippen molar-refractivity contribution < 1.29 is 31.0 Å². The highest BCUT2D eigenvalue weighted by molar-refractivity contribution is 7.82. The van der Waals surface area contributed by atoms with Crippen LogP contribution in [-0.2, 0) is 35.0 Å². The third kappa shape index (κ3) is 6.73. The van der Waals surface area contributed by atoms with Gasteiger partial charge in [0.05, 0.1) is 22.6 Å². The fourth-order valence-corrected chi connectivity index (χ4v) is 3.83. The predicted molar refractivity (Wildman–Crippen MR) is 127 cm³/mol. The van der Waals surface area contributed by atoms with Crippen LogP contribution < -0.4 is 10.0 Å². The lowest BCUT2D eigenvalue weighted by Gasteiger charge is -2.16. The number of nitrogens with one attached hydrogen (secondary N) is 2. The van der Waals surface area contributed by atoms with Gasteiger partial charge in [-0.25, -0.2) is 22.7 Å². The molecule has 0 radical (unpaired) electrons. The molecular weight excluding hydrogens is 501 g/mol. The monoisotopic (exact) mass is 525 g/mol. The number of aryl methyl sites for hydroxylation is 1. The van der Waals surface area contributed by atoms with Gasteiger partial charge in [0.25, 0.3) is 0 Å². The molecule has 0 spiro atoms. The summed E-state index contributed by atoms with van der Waals surface area (Å²) in [6.07, 6.45) is -3.26. The van der Waals surface area contributed by atoms with Gasteiger partial charge in [-0.3, -0.25) is 4.79 Å². The summed E-state index contributed by atoms with van der Waals surface area (Å²) in [6, 6.07) is 10.2. The molecule has 0 aliphatic rings. The number of pyridine rings is 1. The summed E-state index contributed by atoms with van der Waals surface area (Å²) in [5.74, 6) is -2.31. The Morgan fingerprint density at radius 3 is 2.31 bits per heavy atom. The van der Waals surface area contributed by atoms with E-state index in [9.17, 15) is 31.0 Å². The molecule has 0 saturated carbocycles. The van der Waals surface area contributed by atoms with Gasteiger partial charge in [0, 0.05) is 30.5 Å². The van der Waals surface area contributed by atoms with E-state index >= 15 is 0 Å². The average molecular weight is 526 g/mol. The summed E-state index contributed by atoms with van der Waals surface area (Å²) in [6.45, 7) is 2.96. The molecule has 0 saturated heterocycles. The van der Waals surface area contributed by atoms with Crippen molar-refractivity contribution in [1.82, 2.24) is 15.0 Å². The van der Waals surface area contributed by atoms with Gasteiger partial charge >= 0.3 is 6.18 Å². The quantitative estimate of drug-likeness (QED) is 0.400. The smallest absolute Gasteiger partial charge is 0.351 e. The molecule has 5 nitrogen and oxygen atoms in total. The molecule has 2 unspecified atom stereocenters. The molecule has 2 N–H and O–H groups in total. The first-order valence-corrected chi connectivity index (χ1v) is 12.4. The molecule has 3 rings (SSSR count). The predicted octanol–water partition coefficient (Wildman–Crippen LogP) is 5.16. The maximum Gasteiger partial charge on any atom is 0.433 e. The minimum Gasteiger partial charge on any atom is -0.351 e. The third-order valence-corrected chi connectivity index (χ3v) is 6.14. The summed E-state index contributed by atoms with van der Waals surface area (Å²) in [5.41, 5.74) is 0.354. The highest BCUT2D eigenvalue weighted by Gasteiger charge is 2.33. The Morgan fingerprint density at radius 1 is 1.00 bits per heavy atom. The van der Waals surface area contributed by atoms with E-state index in [0.29, 0.717) is 11.1 Å². The van der Waals surface area contributed by atoms with E-state index in [1.807, 2.05) is 0 Å². The lowest BCUT2D eigenvalue weighted by Crippen LogP contribution is -2.28. The lowest BCUT2D eigenvalue weighted by atomic mass is 9.98. The van der Waals surface area contributed by atoms with Crippen molar-refractivity contribution in [3.8, 4) is 11.3 Å². The van der Waals surface area contributed by atoms with Crippen LogP contribution in [0.2, 0.25) is 0 Å². The summed E-state index contributed by atoms with van der Waals surface area (Å²) >= 11 is 0.